The highest BCUT2D eigenvalue weighted by Crippen LogP contribution is 2.22. The van der Waals surface area contributed by atoms with E-state index in [4.69, 9.17) is 0 Å². The van der Waals surface area contributed by atoms with Crippen LogP contribution in [0.15, 0.2) is 52.2 Å². The maximum absolute atomic E-state index is 12.7. The molecule has 1 amide bonds. The molecule has 0 spiro atoms. The summed E-state index contributed by atoms with van der Waals surface area (Å²) in [6.07, 6.45) is 1.78. The number of carbonyl (C=O) groups is 1. The van der Waals surface area contributed by atoms with E-state index < -0.39 is 15.7 Å². The molecule has 0 unspecified atom stereocenters. The zero-order valence-electron chi connectivity index (χ0n) is 14.7. The number of H-pyrrole nitrogens is 2. The predicted octanol–water partition coefficient (Wildman–Crippen LogP) is 2.19. The molecule has 0 atom stereocenters. The Morgan fingerprint density at radius 3 is 2.59 bits per heavy atom. The van der Waals surface area contributed by atoms with Gasteiger partial charge in [-0.3, -0.25) is 9.52 Å². The number of hydrogen-bond acceptors (Lipinski definition) is 4. The van der Waals surface area contributed by atoms with E-state index in [9.17, 15) is 18.0 Å². The maximum Gasteiger partial charge on any atom is 0.323 e. The quantitative estimate of drug-likeness (QED) is 0.463. The highest BCUT2D eigenvalue weighted by Gasteiger charge is 2.19. The molecule has 0 saturated carbocycles. The van der Waals surface area contributed by atoms with Gasteiger partial charge in [0.15, 0.2) is 0 Å². The summed E-state index contributed by atoms with van der Waals surface area (Å²) in [6.45, 7) is 2.54. The van der Waals surface area contributed by atoms with Crippen molar-refractivity contribution in [2.45, 2.75) is 24.7 Å². The number of amides is 1. The summed E-state index contributed by atoms with van der Waals surface area (Å²) in [5.74, 6) is -0.341. The highest BCUT2D eigenvalue weighted by atomic mass is 32.2. The lowest BCUT2D eigenvalue weighted by molar-refractivity contribution is 0.0954. The van der Waals surface area contributed by atoms with Crippen molar-refractivity contribution in [3.05, 3.63) is 58.5 Å². The van der Waals surface area contributed by atoms with Crippen LogP contribution in [0.5, 0.6) is 0 Å². The number of imidazole rings is 1. The van der Waals surface area contributed by atoms with Crippen LogP contribution in [0, 0.1) is 0 Å². The molecule has 1 aromatic heterocycles. The van der Waals surface area contributed by atoms with Gasteiger partial charge in [-0.1, -0.05) is 25.5 Å². The number of unbranched alkanes of at least 4 members (excludes halogenated alkanes) is 1. The summed E-state index contributed by atoms with van der Waals surface area (Å²) in [6, 6.07) is 10.7. The van der Waals surface area contributed by atoms with Crippen molar-refractivity contribution in [1.82, 2.24) is 15.3 Å². The van der Waals surface area contributed by atoms with Gasteiger partial charge < -0.3 is 15.3 Å². The van der Waals surface area contributed by atoms with Crippen LogP contribution >= 0.6 is 0 Å². The lowest BCUT2D eigenvalue weighted by Gasteiger charge is -2.13. The largest absolute Gasteiger partial charge is 0.352 e. The standard InChI is InChI=1S/C18H20N4O4S/c1-2-3-10-19-17(23)13-6-4-5-7-14(13)22-27(25,26)12-8-9-15-16(11-12)21-18(24)20-15/h4-9,11,22H,2-3,10H2,1H3,(H,19,23)(H2,20,21,24). The summed E-state index contributed by atoms with van der Waals surface area (Å²) in [4.78, 5) is 28.8. The average Bonchev–Trinajstić information content (AvgIpc) is 3.01. The predicted molar refractivity (Wildman–Crippen MR) is 103 cm³/mol. The van der Waals surface area contributed by atoms with Gasteiger partial charge in [-0.05, 0) is 36.8 Å². The van der Waals surface area contributed by atoms with Crippen LogP contribution < -0.4 is 15.7 Å². The molecule has 0 aliphatic carbocycles. The van der Waals surface area contributed by atoms with Crippen molar-refractivity contribution in [3.63, 3.8) is 0 Å². The maximum atomic E-state index is 12.7. The molecule has 0 aliphatic heterocycles. The monoisotopic (exact) mass is 388 g/mol. The molecule has 0 saturated heterocycles. The Bertz CT molecular complexity index is 1130. The van der Waals surface area contributed by atoms with Crippen LogP contribution in [-0.2, 0) is 10.0 Å². The number of rotatable bonds is 7. The third-order valence-corrected chi connectivity index (χ3v) is 5.39. The van der Waals surface area contributed by atoms with Crippen molar-refractivity contribution in [2.75, 3.05) is 11.3 Å². The number of anilines is 1. The number of sulfonamides is 1. The SMILES string of the molecule is CCCCNC(=O)c1ccccc1NS(=O)(=O)c1ccc2[nH]c(=O)[nH]c2c1. The third-order valence-electron chi connectivity index (χ3n) is 4.03. The zero-order valence-corrected chi connectivity index (χ0v) is 15.5. The van der Waals surface area contributed by atoms with Crippen molar-refractivity contribution >= 4 is 32.7 Å². The van der Waals surface area contributed by atoms with Gasteiger partial charge in [0, 0.05) is 6.54 Å². The number of carbonyl (C=O) groups excluding carboxylic acids is 1. The van der Waals surface area contributed by atoms with Gasteiger partial charge in [0.05, 0.1) is 27.2 Å². The molecule has 4 N–H and O–H groups in total. The van der Waals surface area contributed by atoms with Crippen LogP contribution in [0.4, 0.5) is 5.69 Å². The van der Waals surface area contributed by atoms with Crippen molar-refractivity contribution in [2.24, 2.45) is 0 Å². The lowest BCUT2D eigenvalue weighted by atomic mass is 10.1. The minimum absolute atomic E-state index is 0.0218. The zero-order chi connectivity index (χ0) is 19.4. The second-order valence-electron chi connectivity index (χ2n) is 6.05. The van der Waals surface area contributed by atoms with Crippen LogP contribution in [0.3, 0.4) is 0 Å². The van der Waals surface area contributed by atoms with Gasteiger partial charge in [0.25, 0.3) is 15.9 Å². The van der Waals surface area contributed by atoms with Crippen molar-refractivity contribution in [1.29, 1.82) is 0 Å². The smallest absolute Gasteiger partial charge is 0.323 e. The first kappa shape index (κ1) is 18.7. The molecule has 0 radical (unpaired) electrons. The first-order valence-electron chi connectivity index (χ1n) is 8.53. The molecule has 0 aliphatic rings. The fraction of sp³-hybridized carbons (Fsp3) is 0.222. The molecule has 2 aromatic carbocycles. The van der Waals surface area contributed by atoms with Crippen LogP contribution in [0.2, 0.25) is 0 Å². The Morgan fingerprint density at radius 1 is 1.07 bits per heavy atom. The van der Waals surface area contributed by atoms with Gasteiger partial charge in [-0.15, -0.1) is 0 Å². The summed E-state index contributed by atoms with van der Waals surface area (Å²) in [5.41, 5.74) is 0.909. The van der Waals surface area contributed by atoms with E-state index in [1.165, 1.54) is 24.3 Å². The molecule has 8 nitrogen and oxygen atoms in total. The number of nitrogens with one attached hydrogen (secondary N) is 4. The third kappa shape index (κ3) is 4.20. The molecule has 0 bridgehead atoms. The second kappa shape index (κ2) is 7.67. The first-order chi connectivity index (χ1) is 12.9. The van der Waals surface area contributed by atoms with Crippen molar-refractivity contribution < 1.29 is 13.2 Å². The molecule has 142 valence electrons. The molecule has 3 rings (SSSR count). The molecule has 27 heavy (non-hydrogen) atoms. The number of fused-ring (bicyclic) bond motifs is 1. The Hall–Kier alpha value is -3.07. The number of benzene rings is 2. The normalized spacial score (nSPS) is 11.4. The highest BCUT2D eigenvalue weighted by molar-refractivity contribution is 7.92. The number of hydrogen-bond donors (Lipinski definition) is 4. The summed E-state index contributed by atoms with van der Waals surface area (Å²) >= 11 is 0. The lowest BCUT2D eigenvalue weighted by Crippen LogP contribution is -2.26. The van der Waals surface area contributed by atoms with Crippen molar-refractivity contribution in [3.8, 4) is 0 Å². The Morgan fingerprint density at radius 2 is 1.81 bits per heavy atom. The Labute approximate surface area is 156 Å². The minimum Gasteiger partial charge on any atom is -0.352 e. The fourth-order valence-corrected chi connectivity index (χ4v) is 3.73. The van der Waals surface area contributed by atoms with E-state index in [1.807, 2.05) is 6.92 Å². The number of aromatic nitrogens is 2. The molecular formula is C18H20N4O4S. The van der Waals surface area contributed by atoms with Gasteiger partial charge in [-0.2, -0.15) is 0 Å². The van der Waals surface area contributed by atoms with E-state index in [-0.39, 0.29) is 22.1 Å². The van der Waals surface area contributed by atoms with Gasteiger partial charge >= 0.3 is 5.69 Å². The molecule has 0 fully saturated rings. The molecular weight excluding hydrogens is 368 g/mol. The molecule has 9 heteroatoms. The van der Waals surface area contributed by atoms with Gasteiger partial charge in [0.1, 0.15) is 0 Å². The van der Waals surface area contributed by atoms with E-state index in [0.717, 1.165) is 12.8 Å². The second-order valence-corrected chi connectivity index (χ2v) is 7.73. The van der Waals surface area contributed by atoms with E-state index in [2.05, 4.69) is 20.0 Å². The van der Waals surface area contributed by atoms with E-state index in [1.54, 1.807) is 18.2 Å². The Kier molecular flexibility index (Phi) is 5.31. The number of aromatic amines is 2. The van der Waals surface area contributed by atoms with Crippen LogP contribution in [0.25, 0.3) is 11.0 Å². The van der Waals surface area contributed by atoms with Gasteiger partial charge in [-0.25, -0.2) is 13.2 Å². The summed E-state index contributed by atoms with van der Waals surface area (Å²) < 4.78 is 27.9. The summed E-state index contributed by atoms with van der Waals surface area (Å²) in [5, 5.41) is 2.78. The first-order valence-corrected chi connectivity index (χ1v) is 10.0. The Balaban J connectivity index is 1.88. The van der Waals surface area contributed by atoms with E-state index in [0.29, 0.717) is 17.6 Å². The van der Waals surface area contributed by atoms with E-state index >= 15 is 0 Å². The number of para-hydroxylation sites is 1. The molecule has 3 aromatic rings. The summed E-state index contributed by atoms with van der Waals surface area (Å²) in [7, 11) is -3.94. The van der Waals surface area contributed by atoms with Crippen LogP contribution in [-0.4, -0.2) is 30.8 Å². The molecule has 1 heterocycles. The van der Waals surface area contributed by atoms with Crippen LogP contribution in [0.1, 0.15) is 30.1 Å². The minimum atomic E-state index is -3.94. The fourth-order valence-electron chi connectivity index (χ4n) is 2.63. The average molecular weight is 388 g/mol. The topological polar surface area (TPSA) is 124 Å². The van der Waals surface area contributed by atoms with Gasteiger partial charge in [0.2, 0.25) is 0 Å².